The number of β-amino-alcohol motifs (C(OH)–C–C–N with tert-alkyl or cyclic N) is 1. The molecule has 1 aliphatic carbocycles. The maximum absolute atomic E-state index is 12.8. The van der Waals surface area contributed by atoms with E-state index in [0.717, 1.165) is 50.0 Å². The first-order valence-electron chi connectivity index (χ1n) is 8.93. The summed E-state index contributed by atoms with van der Waals surface area (Å²) in [5, 5.41) is 14.5. The molecule has 0 radical (unpaired) electrons. The van der Waals surface area contributed by atoms with Crippen LogP contribution >= 0.6 is 0 Å². The number of nitrogens with zero attached hydrogens (tertiary/aromatic N) is 3. The lowest BCUT2D eigenvalue weighted by Gasteiger charge is -2.33. The monoisotopic (exact) mass is 319 g/mol. The van der Waals surface area contributed by atoms with Gasteiger partial charge in [0.1, 0.15) is 0 Å². The fourth-order valence-electron chi connectivity index (χ4n) is 4.25. The van der Waals surface area contributed by atoms with E-state index >= 15 is 0 Å². The molecule has 23 heavy (non-hydrogen) atoms. The summed E-state index contributed by atoms with van der Waals surface area (Å²) in [6.45, 7) is 3.05. The van der Waals surface area contributed by atoms with Crippen LogP contribution in [0.4, 0.5) is 0 Å². The molecular weight excluding hydrogens is 294 g/mol. The number of aliphatic hydroxyl groups excluding tert-OH is 1. The number of likely N-dealkylation sites (tertiary alicyclic amines) is 2. The van der Waals surface area contributed by atoms with Gasteiger partial charge in [0.05, 0.1) is 17.8 Å². The molecule has 3 heterocycles. The summed E-state index contributed by atoms with van der Waals surface area (Å²) in [5.74, 6) is 0.311. The number of aromatic nitrogens is 1. The van der Waals surface area contributed by atoms with E-state index in [4.69, 9.17) is 4.52 Å². The number of carbonyl (C=O) groups is 1. The van der Waals surface area contributed by atoms with Gasteiger partial charge < -0.3 is 14.5 Å². The van der Waals surface area contributed by atoms with E-state index in [9.17, 15) is 9.90 Å². The molecule has 1 aromatic heterocycles. The number of fused-ring (bicyclic) bond motifs is 1. The van der Waals surface area contributed by atoms with Crippen LogP contribution in [0.5, 0.6) is 0 Å². The van der Waals surface area contributed by atoms with Crippen molar-refractivity contribution in [2.45, 2.75) is 57.1 Å². The summed E-state index contributed by atoms with van der Waals surface area (Å²) in [5.41, 5.74) is 1.95. The van der Waals surface area contributed by atoms with Crippen LogP contribution in [0.1, 0.15) is 53.9 Å². The lowest BCUT2D eigenvalue weighted by atomic mass is 9.96. The molecule has 6 heteroatoms. The Morgan fingerprint density at radius 3 is 2.70 bits per heavy atom. The largest absolute Gasteiger partial charge is 0.390 e. The second-order valence-corrected chi connectivity index (χ2v) is 7.09. The van der Waals surface area contributed by atoms with Gasteiger partial charge in [0.2, 0.25) is 5.76 Å². The van der Waals surface area contributed by atoms with Crippen LogP contribution in [0.15, 0.2) is 4.52 Å². The van der Waals surface area contributed by atoms with E-state index < -0.39 is 6.10 Å². The summed E-state index contributed by atoms with van der Waals surface area (Å²) < 4.78 is 5.37. The molecule has 3 aliphatic rings. The highest BCUT2D eigenvalue weighted by Gasteiger charge is 2.40. The van der Waals surface area contributed by atoms with Crippen molar-refractivity contribution < 1.29 is 14.4 Å². The van der Waals surface area contributed by atoms with Crippen molar-refractivity contribution >= 4 is 5.91 Å². The Hall–Kier alpha value is -1.40. The molecule has 0 bridgehead atoms. The minimum absolute atomic E-state index is 0.0676. The van der Waals surface area contributed by atoms with Gasteiger partial charge in [-0.1, -0.05) is 11.6 Å². The van der Waals surface area contributed by atoms with Crippen LogP contribution in [-0.2, 0) is 12.8 Å². The van der Waals surface area contributed by atoms with Gasteiger partial charge in [-0.15, -0.1) is 0 Å². The molecule has 1 aromatic rings. The second-order valence-electron chi connectivity index (χ2n) is 7.09. The zero-order chi connectivity index (χ0) is 15.8. The number of aryl methyl sites for hydroxylation is 1. The predicted molar refractivity (Wildman–Crippen MR) is 84.3 cm³/mol. The minimum Gasteiger partial charge on any atom is -0.390 e. The maximum Gasteiger partial charge on any atom is 0.292 e. The van der Waals surface area contributed by atoms with Crippen molar-refractivity contribution in [3.05, 3.63) is 17.0 Å². The molecule has 0 saturated carbocycles. The summed E-state index contributed by atoms with van der Waals surface area (Å²) >= 11 is 0. The predicted octanol–water partition coefficient (Wildman–Crippen LogP) is 1.22. The molecule has 126 valence electrons. The van der Waals surface area contributed by atoms with E-state index in [0.29, 0.717) is 18.8 Å². The van der Waals surface area contributed by atoms with Crippen molar-refractivity contribution in [3.63, 3.8) is 0 Å². The highest BCUT2D eigenvalue weighted by molar-refractivity contribution is 5.93. The number of hydrogen-bond acceptors (Lipinski definition) is 5. The molecule has 6 nitrogen and oxygen atoms in total. The van der Waals surface area contributed by atoms with Gasteiger partial charge in [-0.05, 0) is 51.6 Å². The molecular formula is C17H25N3O3. The van der Waals surface area contributed by atoms with Gasteiger partial charge in [-0.2, -0.15) is 0 Å². The summed E-state index contributed by atoms with van der Waals surface area (Å²) in [4.78, 5) is 16.9. The van der Waals surface area contributed by atoms with Crippen molar-refractivity contribution in [2.24, 2.45) is 0 Å². The normalized spacial score (nSPS) is 28.8. The Kier molecular flexibility index (Phi) is 4.11. The number of piperidine rings is 1. The summed E-state index contributed by atoms with van der Waals surface area (Å²) in [7, 11) is 0. The number of amides is 1. The number of aliphatic hydroxyl groups is 1. The van der Waals surface area contributed by atoms with E-state index in [-0.39, 0.29) is 11.9 Å². The average Bonchev–Trinajstić information content (AvgIpc) is 3.19. The Labute approximate surface area is 136 Å². The maximum atomic E-state index is 12.8. The van der Waals surface area contributed by atoms with Crippen LogP contribution in [0.25, 0.3) is 0 Å². The van der Waals surface area contributed by atoms with Gasteiger partial charge >= 0.3 is 0 Å². The molecule has 2 aliphatic heterocycles. The van der Waals surface area contributed by atoms with E-state index in [1.54, 1.807) is 4.90 Å². The number of carbonyl (C=O) groups excluding carboxylic acids is 1. The Morgan fingerprint density at radius 1 is 1.09 bits per heavy atom. The molecule has 2 fully saturated rings. The van der Waals surface area contributed by atoms with Crippen molar-refractivity contribution in [2.75, 3.05) is 26.2 Å². The van der Waals surface area contributed by atoms with Crippen molar-refractivity contribution in [1.29, 1.82) is 0 Å². The van der Waals surface area contributed by atoms with E-state index in [2.05, 4.69) is 10.1 Å². The van der Waals surface area contributed by atoms with Crippen LogP contribution in [0.2, 0.25) is 0 Å². The number of rotatable bonds is 2. The van der Waals surface area contributed by atoms with Gasteiger partial charge in [0.15, 0.2) is 0 Å². The minimum atomic E-state index is -0.462. The second kappa shape index (κ2) is 6.24. The third kappa shape index (κ3) is 2.78. The van der Waals surface area contributed by atoms with Crippen LogP contribution in [0.3, 0.4) is 0 Å². The van der Waals surface area contributed by atoms with Gasteiger partial charge in [0, 0.05) is 18.7 Å². The molecule has 2 saturated heterocycles. The zero-order valence-corrected chi connectivity index (χ0v) is 13.5. The SMILES string of the molecule is O=C(c1onc2c1CCCC2)N1C[C@H](O)[C@@H](N2CCCCC2)C1. The third-order valence-electron chi connectivity index (χ3n) is 5.56. The van der Waals surface area contributed by atoms with Crippen LogP contribution in [0, 0.1) is 0 Å². The lowest BCUT2D eigenvalue weighted by molar-refractivity contribution is 0.0698. The zero-order valence-electron chi connectivity index (χ0n) is 13.5. The smallest absolute Gasteiger partial charge is 0.292 e. The molecule has 1 amide bonds. The highest BCUT2D eigenvalue weighted by atomic mass is 16.5. The molecule has 4 rings (SSSR count). The first kappa shape index (κ1) is 15.1. The fourth-order valence-corrected chi connectivity index (χ4v) is 4.25. The molecule has 2 atom stereocenters. The highest BCUT2D eigenvalue weighted by Crippen LogP contribution is 2.27. The fraction of sp³-hybridized carbons (Fsp3) is 0.765. The van der Waals surface area contributed by atoms with Gasteiger partial charge in [-0.3, -0.25) is 9.69 Å². The van der Waals surface area contributed by atoms with Crippen molar-refractivity contribution in [1.82, 2.24) is 15.0 Å². The first-order valence-corrected chi connectivity index (χ1v) is 8.93. The Morgan fingerprint density at radius 2 is 1.87 bits per heavy atom. The number of hydrogen-bond donors (Lipinski definition) is 1. The summed E-state index contributed by atoms with van der Waals surface area (Å²) in [6, 6.07) is 0.0676. The molecule has 0 aromatic carbocycles. The molecule has 0 unspecified atom stereocenters. The quantitative estimate of drug-likeness (QED) is 0.888. The van der Waals surface area contributed by atoms with Gasteiger partial charge in [0.25, 0.3) is 5.91 Å². The van der Waals surface area contributed by atoms with Gasteiger partial charge in [-0.25, -0.2) is 0 Å². The molecule has 0 spiro atoms. The Bertz CT molecular complexity index is 580. The first-order chi connectivity index (χ1) is 11.2. The van der Waals surface area contributed by atoms with Crippen molar-refractivity contribution in [3.8, 4) is 0 Å². The van der Waals surface area contributed by atoms with E-state index in [1.807, 2.05) is 0 Å². The summed E-state index contributed by atoms with van der Waals surface area (Å²) in [6.07, 6.45) is 7.18. The van der Waals surface area contributed by atoms with E-state index in [1.165, 1.54) is 19.3 Å². The lowest BCUT2D eigenvalue weighted by Crippen LogP contribution is -2.46. The Balaban J connectivity index is 1.48. The van der Waals surface area contributed by atoms with Crippen LogP contribution in [-0.4, -0.2) is 64.3 Å². The average molecular weight is 319 g/mol. The topological polar surface area (TPSA) is 69.8 Å². The molecule has 1 N–H and O–H groups in total. The van der Waals surface area contributed by atoms with Crippen LogP contribution < -0.4 is 0 Å². The third-order valence-corrected chi connectivity index (χ3v) is 5.56. The standard InChI is InChI=1S/C17H25N3O3/c21-15-11-20(10-14(15)19-8-4-1-5-9-19)17(22)16-12-6-2-3-7-13(12)18-23-16/h14-15,21H,1-11H2/t14-,15-/m0/s1.